The van der Waals surface area contributed by atoms with E-state index in [4.69, 9.17) is 15.2 Å². The van der Waals surface area contributed by atoms with Gasteiger partial charge in [-0.1, -0.05) is 0 Å². The van der Waals surface area contributed by atoms with Crippen molar-refractivity contribution in [2.24, 2.45) is 11.1 Å². The molecule has 0 rings (SSSR count). The van der Waals surface area contributed by atoms with Crippen molar-refractivity contribution in [3.63, 3.8) is 0 Å². The van der Waals surface area contributed by atoms with Crippen molar-refractivity contribution in [1.29, 1.82) is 0 Å². The van der Waals surface area contributed by atoms with E-state index in [-0.39, 0.29) is 11.6 Å². The summed E-state index contributed by atoms with van der Waals surface area (Å²) in [5.41, 5.74) is 4.77. The molecule has 0 aliphatic carbocycles. The van der Waals surface area contributed by atoms with Gasteiger partial charge in [-0.2, -0.15) is 0 Å². The summed E-state index contributed by atoms with van der Waals surface area (Å²) in [6.45, 7) is 6.09. The predicted octanol–water partition coefficient (Wildman–Crippen LogP) is 1.33. The number of ether oxygens (including phenoxy) is 2. The number of hydrogen-bond donors (Lipinski definition) is 1. The van der Waals surface area contributed by atoms with E-state index in [1.165, 1.54) is 7.11 Å². The first kappa shape index (κ1) is 14.4. The Labute approximate surface area is 92.1 Å². The van der Waals surface area contributed by atoms with Crippen LogP contribution in [-0.2, 0) is 14.3 Å². The van der Waals surface area contributed by atoms with E-state index in [1.54, 1.807) is 7.11 Å². The SMILES string of the molecule is COC(=O)C(C)(CN)CCC(C)(C)OC. The van der Waals surface area contributed by atoms with Gasteiger partial charge in [0.1, 0.15) is 0 Å². The molecule has 2 N–H and O–H groups in total. The van der Waals surface area contributed by atoms with Gasteiger partial charge in [-0.05, 0) is 33.6 Å². The molecule has 1 atom stereocenters. The van der Waals surface area contributed by atoms with Gasteiger partial charge in [0, 0.05) is 13.7 Å². The van der Waals surface area contributed by atoms with Gasteiger partial charge >= 0.3 is 5.97 Å². The minimum atomic E-state index is -0.607. The second kappa shape index (κ2) is 5.47. The summed E-state index contributed by atoms with van der Waals surface area (Å²) < 4.78 is 10.0. The fourth-order valence-corrected chi connectivity index (χ4v) is 1.21. The van der Waals surface area contributed by atoms with Crippen molar-refractivity contribution in [2.75, 3.05) is 20.8 Å². The molecule has 0 aromatic carbocycles. The zero-order valence-electron chi connectivity index (χ0n) is 10.4. The number of carbonyl (C=O) groups is 1. The summed E-state index contributed by atoms with van der Waals surface area (Å²) in [6.07, 6.45) is 1.43. The van der Waals surface area contributed by atoms with Gasteiger partial charge < -0.3 is 15.2 Å². The highest BCUT2D eigenvalue weighted by molar-refractivity contribution is 5.76. The Hall–Kier alpha value is -0.610. The average Bonchev–Trinajstić information content (AvgIpc) is 2.24. The second-order valence-electron chi connectivity index (χ2n) is 4.72. The van der Waals surface area contributed by atoms with Crippen LogP contribution < -0.4 is 5.73 Å². The van der Waals surface area contributed by atoms with E-state index >= 15 is 0 Å². The maximum atomic E-state index is 11.5. The molecule has 90 valence electrons. The maximum Gasteiger partial charge on any atom is 0.312 e. The molecule has 0 fully saturated rings. The molecule has 0 saturated carbocycles. The molecule has 0 heterocycles. The molecule has 0 bridgehead atoms. The summed E-state index contributed by atoms with van der Waals surface area (Å²) in [7, 11) is 3.05. The number of methoxy groups -OCH3 is 2. The lowest BCUT2D eigenvalue weighted by atomic mass is 9.82. The largest absolute Gasteiger partial charge is 0.469 e. The minimum absolute atomic E-state index is 0.232. The lowest BCUT2D eigenvalue weighted by Crippen LogP contribution is -2.38. The van der Waals surface area contributed by atoms with Gasteiger partial charge in [-0.25, -0.2) is 0 Å². The monoisotopic (exact) mass is 217 g/mol. The van der Waals surface area contributed by atoms with E-state index in [0.717, 1.165) is 6.42 Å². The summed E-state index contributed by atoms with van der Waals surface area (Å²) in [4.78, 5) is 11.5. The van der Waals surface area contributed by atoms with Crippen molar-refractivity contribution >= 4 is 5.97 Å². The lowest BCUT2D eigenvalue weighted by molar-refractivity contribution is -0.152. The van der Waals surface area contributed by atoms with Crippen LogP contribution in [-0.4, -0.2) is 32.3 Å². The van der Waals surface area contributed by atoms with Crippen LogP contribution in [0.2, 0.25) is 0 Å². The molecular weight excluding hydrogens is 194 g/mol. The zero-order chi connectivity index (χ0) is 12.1. The Balaban J connectivity index is 4.40. The first-order valence-electron chi connectivity index (χ1n) is 5.15. The number of carbonyl (C=O) groups excluding carboxylic acids is 1. The van der Waals surface area contributed by atoms with E-state index in [2.05, 4.69) is 0 Å². The first-order chi connectivity index (χ1) is 6.81. The van der Waals surface area contributed by atoms with Crippen molar-refractivity contribution in [3.05, 3.63) is 0 Å². The fraction of sp³-hybridized carbons (Fsp3) is 0.909. The number of esters is 1. The standard InChI is InChI=1S/C11H23NO3/c1-10(2,15-5)6-7-11(3,8-12)9(13)14-4/h6-8,12H2,1-5H3. The predicted molar refractivity (Wildman–Crippen MR) is 59.5 cm³/mol. The Kier molecular flexibility index (Phi) is 5.24. The molecule has 0 aromatic heterocycles. The van der Waals surface area contributed by atoms with Gasteiger partial charge in [-0.3, -0.25) is 4.79 Å². The van der Waals surface area contributed by atoms with Gasteiger partial charge in [0.25, 0.3) is 0 Å². The summed E-state index contributed by atoms with van der Waals surface area (Å²) >= 11 is 0. The molecule has 4 heteroatoms. The first-order valence-corrected chi connectivity index (χ1v) is 5.15. The number of nitrogens with two attached hydrogens (primary N) is 1. The smallest absolute Gasteiger partial charge is 0.312 e. The molecular formula is C11H23NO3. The van der Waals surface area contributed by atoms with Gasteiger partial charge in [0.05, 0.1) is 18.1 Å². The molecule has 0 spiro atoms. The third-order valence-corrected chi connectivity index (χ3v) is 2.96. The van der Waals surface area contributed by atoms with Crippen LogP contribution >= 0.6 is 0 Å². The van der Waals surface area contributed by atoms with Crippen LogP contribution in [0.5, 0.6) is 0 Å². The third kappa shape index (κ3) is 4.18. The fourth-order valence-electron chi connectivity index (χ4n) is 1.21. The molecule has 0 amide bonds. The van der Waals surface area contributed by atoms with Gasteiger partial charge in [-0.15, -0.1) is 0 Å². The number of hydrogen-bond acceptors (Lipinski definition) is 4. The molecule has 0 aliphatic heterocycles. The molecule has 0 saturated heterocycles. The van der Waals surface area contributed by atoms with Crippen molar-refractivity contribution < 1.29 is 14.3 Å². The van der Waals surface area contributed by atoms with Crippen LogP contribution in [0.25, 0.3) is 0 Å². The van der Waals surface area contributed by atoms with E-state index in [9.17, 15) is 4.79 Å². The van der Waals surface area contributed by atoms with Crippen LogP contribution in [0, 0.1) is 5.41 Å². The number of rotatable bonds is 6. The van der Waals surface area contributed by atoms with E-state index < -0.39 is 5.41 Å². The summed E-state index contributed by atoms with van der Waals surface area (Å²) in [5, 5.41) is 0. The molecule has 0 radical (unpaired) electrons. The summed E-state index contributed by atoms with van der Waals surface area (Å²) in [6, 6.07) is 0. The van der Waals surface area contributed by atoms with Gasteiger partial charge in [0.15, 0.2) is 0 Å². The quantitative estimate of drug-likeness (QED) is 0.682. The van der Waals surface area contributed by atoms with Crippen molar-refractivity contribution in [2.45, 2.75) is 39.2 Å². The Bertz CT molecular complexity index is 216. The van der Waals surface area contributed by atoms with Crippen LogP contribution in [0.4, 0.5) is 0 Å². The molecule has 0 aliphatic rings. The van der Waals surface area contributed by atoms with E-state index in [0.29, 0.717) is 13.0 Å². The highest BCUT2D eigenvalue weighted by atomic mass is 16.5. The maximum absolute atomic E-state index is 11.5. The molecule has 15 heavy (non-hydrogen) atoms. The Morgan fingerprint density at radius 2 is 1.73 bits per heavy atom. The topological polar surface area (TPSA) is 61.5 Å². The average molecular weight is 217 g/mol. The van der Waals surface area contributed by atoms with Crippen molar-refractivity contribution in [3.8, 4) is 0 Å². The highest BCUT2D eigenvalue weighted by Crippen LogP contribution is 2.28. The lowest BCUT2D eigenvalue weighted by Gasteiger charge is -2.30. The van der Waals surface area contributed by atoms with Crippen LogP contribution in [0.15, 0.2) is 0 Å². The Morgan fingerprint density at radius 1 is 1.20 bits per heavy atom. The highest BCUT2D eigenvalue weighted by Gasteiger charge is 2.34. The normalized spacial score (nSPS) is 15.9. The second-order valence-corrected chi connectivity index (χ2v) is 4.72. The minimum Gasteiger partial charge on any atom is -0.469 e. The summed E-state index contributed by atoms with van der Waals surface area (Å²) in [5.74, 6) is -0.253. The Morgan fingerprint density at radius 3 is 2.07 bits per heavy atom. The zero-order valence-corrected chi connectivity index (χ0v) is 10.4. The molecule has 0 aromatic rings. The van der Waals surface area contributed by atoms with Crippen LogP contribution in [0.3, 0.4) is 0 Å². The van der Waals surface area contributed by atoms with Crippen LogP contribution in [0.1, 0.15) is 33.6 Å². The van der Waals surface area contributed by atoms with Crippen molar-refractivity contribution in [1.82, 2.24) is 0 Å². The molecule has 1 unspecified atom stereocenters. The van der Waals surface area contributed by atoms with Gasteiger partial charge in [0.2, 0.25) is 0 Å². The molecule has 4 nitrogen and oxygen atoms in total. The third-order valence-electron chi connectivity index (χ3n) is 2.96. The van der Waals surface area contributed by atoms with E-state index in [1.807, 2.05) is 20.8 Å².